The molecule has 0 aliphatic rings. The highest BCUT2D eigenvalue weighted by atomic mass is 35.5. The van der Waals surface area contributed by atoms with Gasteiger partial charge in [-0.2, -0.15) is 0 Å². The summed E-state index contributed by atoms with van der Waals surface area (Å²) in [6.07, 6.45) is 3.34. The Balaban J connectivity index is 1.60. The summed E-state index contributed by atoms with van der Waals surface area (Å²) in [5, 5.41) is 4.07. The third-order valence-corrected chi connectivity index (χ3v) is 4.71. The number of pyridine rings is 1. The Bertz CT molecular complexity index is 1120. The number of imidazole rings is 1. The van der Waals surface area contributed by atoms with Crippen LogP contribution in [-0.4, -0.2) is 20.4 Å². The molecule has 1 amide bonds. The number of hydrogen-bond donors (Lipinski definition) is 1. The van der Waals surface area contributed by atoms with Gasteiger partial charge in [-0.25, -0.2) is 9.97 Å². The summed E-state index contributed by atoms with van der Waals surface area (Å²) < 4.78 is 1.77. The number of hydrogen-bond acceptors (Lipinski definition) is 3. The molecule has 0 spiro atoms. The Kier molecular flexibility index (Phi) is 4.79. The average molecular weight is 397 g/mol. The number of fused-ring (bicyclic) bond motifs is 1. The molecule has 0 aliphatic heterocycles. The summed E-state index contributed by atoms with van der Waals surface area (Å²) in [6, 6.07) is 16.1. The molecule has 2 aromatic heterocycles. The predicted molar refractivity (Wildman–Crippen MR) is 106 cm³/mol. The number of nitrogens with zero attached hydrogens (tertiary/aromatic N) is 3. The molecule has 2 heterocycles. The fourth-order valence-electron chi connectivity index (χ4n) is 2.75. The summed E-state index contributed by atoms with van der Waals surface area (Å²) >= 11 is 12.2. The van der Waals surface area contributed by atoms with E-state index in [0.717, 1.165) is 11.1 Å². The summed E-state index contributed by atoms with van der Waals surface area (Å²) in [5.41, 5.74) is 3.55. The summed E-state index contributed by atoms with van der Waals surface area (Å²) in [6.45, 7) is 0.406. The Hall–Kier alpha value is -2.89. The van der Waals surface area contributed by atoms with Crippen LogP contribution in [0.1, 0.15) is 15.9 Å². The van der Waals surface area contributed by atoms with Gasteiger partial charge in [0, 0.05) is 23.3 Å². The molecular formula is C20H14Cl2N4O. The maximum Gasteiger partial charge on any atom is 0.251 e. The van der Waals surface area contributed by atoms with Crippen LogP contribution in [0.3, 0.4) is 0 Å². The highest BCUT2D eigenvalue weighted by Gasteiger charge is 2.13. The van der Waals surface area contributed by atoms with Crippen molar-refractivity contribution in [2.24, 2.45) is 0 Å². The normalized spacial score (nSPS) is 10.9. The smallest absolute Gasteiger partial charge is 0.251 e. The molecule has 134 valence electrons. The average Bonchev–Trinajstić information content (AvgIpc) is 3.12. The van der Waals surface area contributed by atoms with Crippen LogP contribution in [0.5, 0.6) is 0 Å². The number of amides is 1. The van der Waals surface area contributed by atoms with Gasteiger partial charge in [0.2, 0.25) is 0 Å². The maximum atomic E-state index is 12.6. The van der Waals surface area contributed by atoms with Crippen LogP contribution < -0.4 is 5.32 Å². The van der Waals surface area contributed by atoms with Gasteiger partial charge in [-0.1, -0.05) is 35.3 Å². The molecule has 0 aliphatic carbocycles. The number of halogens is 2. The zero-order valence-corrected chi connectivity index (χ0v) is 15.6. The minimum absolute atomic E-state index is 0.194. The molecule has 0 saturated carbocycles. The van der Waals surface area contributed by atoms with Gasteiger partial charge < -0.3 is 5.32 Å². The van der Waals surface area contributed by atoms with Crippen LogP contribution in [0.25, 0.3) is 16.9 Å². The Morgan fingerprint density at radius 2 is 1.85 bits per heavy atom. The van der Waals surface area contributed by atoms with E-state index in [0.29, 0.717) is 33.5 Å². The number of benzene rings is 2. The summed E-state index contributed by atoms with van der Waals surface area (Å²) in [7, 11) is 0. The van der Waals surface area contributed by atoms with E-state index < -0.39 is 0 Å². The lowest BCUT2D eigenvalue weighted by Crippen LogP contribution is -2.22. The lowest BCUT2D eigenvalue weighted by Gasteiger charge is -2.10. The second-order valence-corrected chi connectivity index (χ2v) is 6.78. The van der Waals surface area contributed by atoms with Crippen LogP contribution in [0, 0.1) is 0 Å². The highest BCUT2D eigenvalue weighted by molar-refractivity contribution is 6.32. The van der Waals surface area contributed by atoms with E-state index in [2.05, 4.69) is 15.3 Å². The SMILES string of the molecule is O=C(NCc1ccc(Cl)cc1)c1ccc(Cl)c(-n2cnc3cccnc32)c1. The molecule has 0 radical (unpaired) electrons. The maximum absolute atomic E-state index is 12.6. The van der Waals surface area contributed by atoms with Crippen molar-refractivity contribution in [2.75, 3.05) is 0 Å². The lowest BCUT2D eigenvalue weighted by atomic mass is 10.1. The van der Waals surface area contributed by atoms with E-state index in [1.165, 1.54) is 0 Å². The molecule has 7 heteroatoms. The molecule has 0 atom stereocenters. The van der Waals surface area contributed by atoms with E-state index in [1.807, 2.05) is 24.3 Å². The van der Waals surface area contributed by atoms with Crippen LogP contribution in [0.15, 0.2) is 67.1 Å². The van der Waals surface area contributed by atoms with Gasteiger partial charge in [-0.05, 0) is 48.0 Å². The second kappa shape index (κ2) is 7.39. The van der Waals surface area contributed by atoms with Gasteiger partial charge in [-0.3, -0.25) is 9.36 Å². The molecule has 4 rings (SSSR count). The van der Waals surface area contributed by atoms with Gasteiger partial charge >= 0.3 is 0 Å². The van der Waals surface area contributed by atoms with Crippen molar-refractivity contribution < 1.29 is 4.79 Å². The first kappa shape index (κ1) is 17.5. The molecule has 4 aromatic rings. The van der Waals surface area contributed by atoms with E-state index in [4.69, 9.17) is 23.2 Å². The van der Waals surface area contributed by atoms with Gasteiger partial charge in [-0.15, -0.1) is 0 Å². The third kappa shape index (κ3) is 3.65. The molecule has 0 unspecified atom stereocenters. The van der Waals surface area contributed by atoms with Gasteiger partial charge in [0.05, 0.1) is 10.7 Å². The topological polar surface area (TPSA) is 59.8 Å². The molecule has 5 nitrogen and oxygen atoms in total. The minimum Gasteiger partial charge on any atom is -0.348 e. The van der Waals surface area contributed by atoms with Crippen molar-refractivity contribution in [3.63, 3.8) is 0 Å². The zero-order chi connectivity index (χ0) is 18.8. The number of carbonyl (C=O) groups is 1. The molecule has 0 saturated heterocycles. The number of rotatable bonds is 4. The number of nitrogens with one attached hydrogen (secondary N) is 1. The predicted octanol–water partition coefficient (Wildman–Crippen LogP) is 4.66. The first-order chi connectivity index (χ1) is 13.1. The van der Waals surface area contributed by atoms with E-state index in [-0.39, 0.29) is 5.91 Å². The highest BCUT2D eigenvalue weighted by Crippen LogP contribution is 2.25. The van der Waals surface area contributed by atoms with Crippen LogP contribution in [0.4, 0.5) is 0 Å². The largest absolute Gasteiger partial charge is 0.348 e. The zero-order valence-electron chi connectivity index (χ0n) is 14.1. The van der Waals surface area contributed by atoms with Crippen molar-refractivity contribution in [1.29, 1.82) is 0 Å². The third-order valence-electron chi connectivity index (χ3n) is 4.14. The van der Waals surface area contributed by atoms with E-state index >= 15 is 0 Å². The molecular weight excluding hydrogens is 383 g/mol. The Morgan fingerprint density at radius 3 is 2.67 bits per heavy atom. The molecule has 1 N–H and O–H groups in total. The number of aromatic nitrogens is 3. The number of carbonyl (C=O) groups excluding carboxylic acids is 1. The van der Waals surface area contributed by atoms with Crippen molar-refractivity contribution >= 4 is 40.3 Å². The molecule has 2 aromatic carbocycles. The second-order valence-electron chi connectivity index (χ2n) is 5.94. The van der Waals surface area contributed by atoms with Crippen molar-refractivity contribution in [2.45, 2.75) is 6.54 Å². The fraction of sp³-hybridized carbons (Fsp3) is 0.0500. The molecule has 27 heavy (non-hydrogen) atoms. The monoisotopic (exact) mass is 396 g/mol. The van der Waals surface area contributed by atoms with Crippen molar-refractivity contribution in [3.05, 3.63) is 88.3 Å². The quantitative estimate of drug-likeness (QED) is 0.545. The van der Waals surface area contributed by atoms with Crippen LogP contribution in [0.2, 0.25) is 10.0 Å². The summed E-state index contributed by atoms with van der Waals surface area (Å²) in [4.78, 5) is 21.2. The van der Waals surface area contributed by atoms with Gasteiger partial charge in [0.15, 0.2) is 5.65 Å². The minimum atomic E-state index is -0.194. The van der Waals surface area contributed by atoms with E-state index in [9.17, 15) is 4.79 Å². The first-order valence-corrected chi connectivity index (χ1v) is 8.98. The molecule has 0 fully saturated rings. The van der Waals surface area contributed by atoms with E-state index in [1.54, 1.807) is 47.4 Å². The lowest BCUT2D eigenvalue weighted by molar-refractivity contribution is 0.0951. The Morgan fingerprint density at radius 1 is 1.04 bits per heavy atom. The Labute approximate surface area is 165 Å². The van der Waals surface area contributed by atoms with Crippen molar-refractivity contribution in [3.8, 4) is 5.69 Å². The van der Waals surface area contributed by atoms with Crippen LogP contribution >= 0.6 is 23.2 Å². The van der Waals surface area contributed by atoms with Gasteiger partial charge in [0.1, 0.15) is 11.8 Å². The van der Waals surface area contributed by atoms with Gasteiger partial charge in [0.25, 0.3) is 5.91 Å². The standard InChI is InChI=1S/C20H14Cl2N4O/c21-15-6-3-13(4-7-15)11-24-20(27)14-5-8-16(22)18(10-14)26-12-25-17-2-1-9-23-19(17)26/h1-10,12H,11H2,(H,24,27). The first-order valence-electron chi connectivity index (χ1n) is 8.22. The molecule has 0 bridgehead atoms. The van der Waals surface area contributed by atoms with Crippen molar-refractivity contribution in [1.82, 2.24) is 19.9 Å². The fourth-order valence-corrected chi connectivity index (χ4v) is 3.09. The van der Waals surface area contributed by atoms with Crippen LogP contribution in [-0.2, 0) is 6.54 Å². The summed E-state index contributed by atoms with van der Waals surface area (Å²) in [5.74, 6) is -0.194.